The second kappa shape index (κ2) is 10.9. The van der Waals surface area contributed by atoms with Crippen molar-refractivity contribution in [3.05, 3.63) is 65.2 Å². The normalized spacial score (nSPS) is 18.9. The van der Waals surface area contributed by atoms with Crippen LogP contribution in [-0.2, 0) is 14.8 Å². The molecule has 1 N–H and O–H groups in total. The van der Waals surface area contributed by atoms with Crippen LogP contribution in [0.1, 0.15) is 40.4 Å². The summed E-state index contributed by atoms with van der Waals surface area (Å²) in [5.41, 5.74) is 3.01. The van der Waals surface area contributed by atoms with Gasteiger partial charge >= 0.3 is 0 Å². The Morgan fingerprint density at radius 1 is 0.970 bits per heavy atom. The molecule has 2 saturated heterocycles. The third-order valence-electron chi connectivity index (χ3n) is 6.45. The van der Waals surface area contributed by atoms with Crippen LogP contribution in [0.4, 0.5) is 0 Å². The lowest BCUT2D eigenvalue weighted by atomic mass is 10.0. The predicted octanol–water partition coefficient (Wildman–Crippen LogP) is 2.63. The van der Waals surface area contributed by atoms with Crippen LogP contribution >= 0.6 is 0 Å². The van der Waals surface area contributed by atoms with Crippen LogP contribution in [0.3, 0.4) is 0 Å². The summed E-state index contributed by atoms with van der Waals surface area (Å²) in [5.74, 6) is -0.0469. The summed E-state index contributed by atoms with van der Waals surface area (Å²) >= 11 is 0. The first-order chi connectivity index (χ1) is 15.9. The number of nitrogens with one attached hydrogen (secondary N) is 1. The van der Waals surface area contributed by atoms with Gasteiger partial charge < -0.3 is 10.1 Å². The summed E-state index contributed by atoms with van der Waals surface area (Å²) in [6, 6.07) is 15.1. The van der Waals surface area contributed by atoms with Crippen LogP contribution in [-0.4, -0.2) is 75.9 Å². The van der Waals surface area contributed by atoms with Crippen LogP contribution in [0.25, 0.3) is 0 Å². The molecule has 33 heavy (non-hydrogen) atoms. The van der Waals surface area contributed by atoms with Crippen molar-refractivity contribution in [1.29, 1.82) is 0 Å². The van der Waals surface area contributed by atoms with Crippen LogP contribution in [0, 0.1) is 6.92 Å². The zero-order valence-corrected chi connectivity index (χ0v) is 20.0. The van der Waals surface area contributed by atoms with Crippen molar-refractivity contribution in [3.8, 4) is 0 Å². The fraction of sp³-hybridized carbons (Fsp3) is 0.480. The third kappa shape index (κ3) is 5.88. The number of hydrogen-bond donors (Lipinski definition) is 1. The lowest BCUT2D eigenvalue weighted by Gasteiger charge is -2.28. The lowest BCUT2D eigenvalue weighted by Crippen LogP contribution is -2.40. The molecule has 4 rings (SSSR count). The van der Waals surface area contributed by atoms with Crippen molar-refractivity contribution < 1.29 is 17.9 Å². The number of hydrogen-bond acceptors (Lipinski definition) is 6. The quantitative estimate of drug-likeness (QED) is 0.567. The molecular formula is C25H33N3O4S. The van der Waals surface area contributed by atoms with Gasteiger partial charge in [0.2, 0.25) is 10.0 Å². The Balaban J connectivity index is 1.36. The number of rotatable bonds is 9. The number of benzene rings is 2. The van der Waals surface area contributed by atoms with E-state index in [1.807, 2.05) is 0 Å². The molecule has 1 unspecified atom stereocenters. The molecule has 2 aliphatic rings. The minimum atomic E-state index is -3.56. The van der Waals surface area contributed by atoms with Crippen molar-refractivity contribution in [2.45, 2.75) is 30.7 Å². The molecule has 0 radical (unpaired) electrons. The maximum Gasteiger partial charge on any atom is 0.243 e. The molecular weight excluding hydrogens is 438 g/mol. The van der Waals surface area contributed by atoms with Crippen molar-refractivity contribution >= 4 is 15.8 Å². The van der Waals surface area contributed by atoms with E-state index < -0.39 is 10.0 Å². The average molecular weight is 472 g/mol. The molecule has 0 saturated carbocycles. The number of likely N-dealkylation sites (tertiary alicyclic amines) is 1. The minimum Gasteiger partial charge on any atom is -0.379 e. The molecule has 2 aromatic rings. The fourth-order valence-electron chi connectivity index (χ4n) is 4.47. The first-order valence-corrected chi connectivity index (χ1v) is 13.1. The minimum absolute atomic E-state index is 0.0469. The van der Waals surface area contributed by atoms with Gasteiger partial charge in [-0.1, -0.05) is 42.0 Å². The molecule has 178 valence electrons. The fourth-order valence-corrected chi connectivity index (χ4v) is 5.88. The average Bonchev–Trinajstić information content (AvgIpc) is 3.38. The highest BCUT2D eigenvalue weighted by atomic mass is 32.2. The largest absolute Gasteiger partial charge is 0.379 e. The molecule has 0 bridgehead atoms. The van der Waals surface area contributed by atoms with Gasteiger partial charge in [0.15, 0.2) is 5.78 Å². The molecule has 8 heteroatoms. The number of nitrogens with zero attached hydrogens (tertiary/aromatic N) is 2. The van der Waals surface area contributed by atoms with Gasteiger partial charge in [0, 0.05) is 31.2 Å². The highest BCUT2D eigenvalue weighted by molar-refractivity contribution is 7.89. The van der Waals surface area contributed by atoms with E-state index in [9.17, 15) is 13.2 Å². The Kier molecular flexibility index (Phi) is 7.93. The number of carbonyl (C=O) groups is 1. The second-order valence-electron chi connectivity index (χ2n) is 8.76. The number of morpholine rings is 1. The second-order valence-corrected chi connectivity index (χ2v) is 10.7. The number of carbonyl (C=O) groups excluding carboxylic acids is 1. The standard InChI is InChI=1S/C25H33N3O4S/c1-20-4-6-21(7-5-20)24(27-12-2-3-13-27)18-26-19-25(29)22-8-10-23(11-9-22)33(30,31)28-14-16-32-17-15-28/h4-11,24,26H,2-3,12-19H2,1H3. The topological polar surface area (TPSA) is 79.0 Å². The van der Waals surface area contributed by atoms with Crippen LogP contribution < -0.4 is 5.32 Å². The smallest absolute Gasteiger partial charge is 0.243 e. The summed E-state index contributed by atoms with van der Waals surface area (Å²) in [4.78, 5) is 15.4. The maximum absolute atomic E-state index is 12.8. The molecule has 0 spiro atoms. The van der Waals surface area contributed by atoms with Crippen LogP contribution in [0.15, 0.2) is 53.4 Å². The molecule has 2 aliphatic heterocycles. The van der Waals surface area contributed by atoms with Gasteiger partial charge in [-0.05, 0) is 50.6 Å². The van der Waals surface area contributed by atoms with Gasteiger partial charge in [0.1, 0.15) is 0 Å². The van der Waals surface area contributed by atoms with E-state index in [0.29, 0.717) is 38.4 Å². The van der Waals surface area contributed by atoms with Crippen molar-refractivity contribution in [2.24, 2.45) is 0 Å². The number of sulfonamides is 1. The first-order valence-electron chi connectivity index (χ1n) is 11.7. The number of ketones is 1. The van der Waals surface area contributed by atoms with Gasteiger partial charge in [-0.25, -0.2) is 8.42 Å². The van der Waals surface area contributed by atoms with Crippen LogP contribution in [0.5, 0.6) is 0 Å². The molecule has 0 aromatic heterocycles. The van der Waals surface area contributed by atoms with Crippen molar-refractivity contribution in [1.82, 2.24) is 14.5 Å². The number of ether oxygens (including phenoxy) is 1. The van der Waals surface area contributed by atoms with E-state index in [-0.39, 0.29) is 23.3 Å². The Morgan fingerprint density at radius 3 is 2.24 bits per heavy atom. The van der Waals surface area contributed by atoms with E-state index >= 15 is 0 Å². The Morgan fingerprint density at radius 2 is 1.61 bits per heavy atom. The van der Waals surface area contributed by atoms with Crippen molar-refractivity contribution in [2.75, 3.05) is 52.5 Å². The molecule has 1 atom stereocenters. The molecule has 0 aliphatic carbocycles. The van der Waals surface area contributed by atoms with Crippen molar-refractivity contribution in [3.63, 3.8) is 0 Å². The number of Topliss-reactive ketones (excluding diaryl/α,β-unsaturated/α-hetero) is 1. The van der Waals surface area contributed by atoms with E-state index in [1.165, 1.54) is 40.4 Å². The van der Waals surface area contributed by atoms with Gasteiger partial charge in [-0.2, -0.15) is 4.31 Å². The van der Waals surface area contributed by atoms with Gasteiger partial charge in [-0.15, -0.1) is 0 Å². The predicted molar refractivity (Wildman–Crippen MR) is 128 cm³/mol. The Labute approximate surface area is 196 Å². The molecule has 0 amide bonds. The van der Waals surface area contributed by atoms with Gasteiger partial charge in [0.05, 0.1) is 24.7 Å². The highest BCUT2D eigenvalue weighted by Crippen LogP contribution is 2.25. The Hall–Kier alpha value is -2.10. The van der Waals surface area contributed by atoms with Crippen LogP contribution in [0.2, 0.25) is 0 Å². The Bertz CT molecular complexity index is 1030. The first kappa shape index (κ1) is 24.0. The summed E-state index contributed by atoms with van der Waals surface area (Å²) in [5, 5.41) is 3.34. The van der Waals surface area contributed by atoms with Gasteiger partial charge in [-0.3, -0.25) is 9.69 Å². The van der Waals surface area contributed by atoms with Gasteiger partial charge in [0.25, 0.3) is 0 Å². The molecule has 2 fully saturated rings. The summed E-state index contributed by atoms with van der Waals surface area (Å²) in [6.45, 7) is 6.66. The van der Waals surface area contributed by atoms with E-state index in [4.69, 9.17) is 4.74 Å². The molecule has 2 heterocycles. The van der Waals surface area contributed by atoms with E-state index in [2.05, 4.69) is 41.4 Å². The molecule has 2 aromatic carbocycles. The lowest BCUT2D eigenvalue weighted by molar-refractivity contribution is 0.0730. The molecule has 7 nitrogen and oxygen atoms in total. The third-order valence-corrected chi connectivity index (χ3v) is 8.36. The van der Waals surface area contributed by atoms with E-state index in [0.717, 1.165) is 13.1 Å². The van der Waals surface area contributed by atoms with E-state index in [1.54, 1.807) is 12.1 Å². The monoisotopic (exact) mass is 471 g/mol. The summed E-state index contributed by atoms with van der Waals surface area (Å²) < 4.78 is 32.2. The summed E-state index contributed by atoms with van der Waals surface area (Å²) in [7, 11) is -3.56. The summed E-state index contributed by atoms with van der Waals surface area (Å²) in [6.07, 6.45) is 2.42. The SMILES string of the molecule is Cc1ccc(C(CNCC(=O)c2ccc(S(=O)(=O)N3CCOCC3)cc2)N2CCCC2)cc1. The number of aryl methyl sites for hydroxylation is 1. The zero-order chi connectivity index (χ0) is 23.3. The maximum atomic E-state index is 12.8. The zero-order valence-electron chi connectivity index (χ0n) is 19.2. The highest BCUT2D eigenvalue weighted by Gasteiger charge is 2.27.